The average molecular weight is 201 g/mol. The van der Waals surface area contributed by atoms with Gasteiger partial charge in [-0.15, -0.1) is 0 Å². The summed E-state index contributed by atoms with van der Waals surface area (Å²) in [5, 5.41) is 0. The summed E-state index contributed by atoms with van der Waals surface area (Å²) >= 11 is 0. The van der Waals surface area contributed by atoms with Crippen molar-refractivity contribution in [3.63, 3.8) is 0 Å². The first-order chi connectivity index (χ1) is 6.57. The first-order valence-corrected chi connectivity index (χ1v) is 3.83. The number of hydrogen-bond acceptors (Lipinski definition) is 1. The van der Waals surface area contributed by atoms with Crippen LogP contribution in [0.25, 0.3) is 11.4 Å². The quantitative estimate of drug-likeness (QED) is 0.731. The molecule has 0 unspecified atom stereocenters. The molecule has 0 aliphatic rings. The van der Waals surface area contributed by atoms with Gasteiger partial charge in [-0.3, -0.25) is 0 Å². The maximum atomic E-state index is 12.2. The number of halogens is 3. The van der Waals surface area contributed by atoms with Gasteiger partial charge in [-0.05, 0) is 6.07 Å². The van der Waals surface area contributed by atoms with Crippen molar-refractivity contribution in [2.75, 3.05) is 0 Å². The van der Waals surface area contributed by atoms with Crippen molar-refractivity contribution < 1.29 is 13.2 Å². The van der Waals surface area contributed by atoms with Crippen LogP contribution >= 0.6 is 0 Å². The topological polar surface area (TPSA) is 44.5 Å². The molecule has 0 saturated heterocycles. The lowest BCUT2D eigenvalue weighted by atomic mass is 10.3. The number of alkyl halides is 3. The van der Waals surface area contributed by atoms with E-state index >= 15 is 0 Å². The molecule has 0 aliphatic carbocycles. The molecule has 0 aromatic carbocycles. The van der Waals surface area contributed by atoms with Gasteiger partial charge >= 0.3 is 6.18 Å². The molecule has 0 saturated carbocycles. The normalized spacial score (nSPS) is 11.9. The van der Waals surface area contributed by atoms with Crippen LogP contribution in [0.5, 0.6) is 0 Å². The molecule has 2 heterocycles. The van der Waals surface area contributed by atoms with Crippen molar-refractivity contribution in [1.29, 1.82) is 0 Å². The Kier molecular flexibility index (Phi) is 1.83. The number of H-pyrrole nitrogens is 2. The molecule has 0 bridgehead atoms. The third-order valence-electron chi connectivity index (χ3n) is 1.75. The van der Waals surface area contributed by atoms with Crippen molar-refractivity contribution in [2.45, 2.75) is 6.18 Å². The zero-order valence-corrected chi connectivity index (χ0v) is 6.89. The van der Waals surface area contributed by atoms with E-state index in [4.69, 9.17) is 0 Å². The van der Waals surface area contributed by atoms with Gasteiger partial charge in [0.2, 0.25) is 0 Å². The highest BCUT2D eigenvalue weighted by molar-refractivity contribution is 5.53. The predicted octanol–water partition coefficient (Wildman–Crippen LogP) is 2.42. The number of aromatic nitrogens is 3. The van der Waals surface area contributed by atoms with Gasteiger partial charge in [0.15, 0.2) is 0 Å². The molecule has 0 aliphatic heterocycles. The maximum Gasteiger partial charge on any atom is 0.432 e. The second-order valence-corrected chi connectivity index (χ2v) is 2.74. The first-order valence-electron chi connectivity index (χ1n) is 3.83. The highest BCUT2D eigenvalue weighted by Gasteiger charge is 2.33. The van der Waals surface area contributed by atoms with Crippen LogP contribution in [-0.4, -0.2) is 15.0 Å². The van der Waals surface area contributed by atoms with Gasteiger partial charge in [0.1, 0.15) is 11.5 Å². The largest absolute Gasteiger partial charge is 0.432 e. The highest BCUT2D eigenvalue weighted by Crippen LogP contribution is 2.29. The second-order valence-electron chi connectivity index (χ2n) is 2.74. The Balaban J connectivity index is 2.36. The van der Waals surface area contributed by atoms with E-state index in [1.54, 1.807) is 18.5 Å². The molecule has 6 heteroatoms. The highest BCUT2D eigenvalue weighted by atomic mass is 19.4. The molecule has 74 valence electrons. The van der Waals surface area contributed by atoms with E-state index in [2.05, 4.69) is 15.0 Å². The van der Waals surface area contributed by atoms with E-state index in [1.807, 2.05) is 0 Å². The summed E-state index contributed by atoms with van der Waals surface area (Å²) in [5.74, 6) is 0.207. The number of rotatable bonds is 1. The fourth-order valence-electron chi connectivity index (χ4n) is 1.08. The molecule has 2 rings (SSSR count). The minimum absolute atomic E-state index is 0.207. The van der Waals surface area contributed by atoms with Crippen LogP contribution < -0.4 is 0 Å². The Morgan fingerprint density at radius 3 is 2.57 bits per heavy atom. The zero-order valence-electron chi connectivity index (χ0n) is 6.89. The van der Waals surface area contributed by atoms with Gasteiger partial charge in [0, 0.05) is 18.0 Å². The van der Waals surface area contributed by atoms with E-state index in [9.17, 15) is 13.2 Å². The standard InChI is InChI=1S/C8H6F3N3/c9-8(10,11)6-4-13-7(14-6)5-1-2-12-3-5/h1-4,12H,(H,13,14). The third kappa shape index (κ3) is 1.50. The summed E-state index contributed by atoms with van der Waals surface area (Å²) in [6, 6.07) is 1.64. The third-order valence-corrected chi connectivity index (χ3v) is 1.75. The SMILES string of the molecule is FC(F)(F)c1cnc(-c2cc[nH]c2)[nH]1. The summed E-state index contributed by atoms with van der Waals surface area (Å²) in [6.45, 7) is 0. The molecular formula is C8H6F3N3. The van der Waals surface area contributed by atoms with Gasteiger partial charge in [-0.1, -0.05) is 0 Å². The number of hydrogen-bond donors (Lipinski definition) is 2. The van der Waals surface area contributed by atoms with Gasteiger partial charge in [-0.2, -0.15) is 13.2 Å². The van der Waals surface area contributed by atoms with E-state index in [0.717, 1.165) is 6.20 Å². The van der Waals surface area contributed by atoms with Crippen LogP contribution in [0.1, 0.15) is 5.69 Å². The maximum absolute atomic E-state index is 12.2. The van der Waals surface area contributed by atoms with Crippen LogP contribution in [0, 0.1) is 0 Å². The molecule has 2 aromatic heterocycles. The summed E-state index contributed by atoms with van der Waals surface area (Å²) in [6.07, 6.45) is -0.409. The van der Waals surface area contributed by atoms with Gasteiger partial charge in [0.25, 0.3) is 0 Å². The summed E-state index contributed by atoms with van der Waals surface area (Å²) in [7, 11) is 0. The van der Waals surface area contributed by atoms with Crippen molar-refractivity contribution in [3.8, 4) is 11.4 Å². The molecule has 3 nitrogen and oxygen atoms in total. The fraction of sp³-hybridized carbons (Fsp3) is 0.125. The van der Waals surface area contributed by atoms with E-state index in [1.165, 1.54) is 0 Å². The molecule has 14 heavy (non-hydrogen) atoms. The number of nitrogens with zero attached hydrogens (tertiary/aromatic N) is 1. The smallest absolute Gasteiger partial charge is 0.367 e. The minimum Gasteiger partial charge on any atom is -0.367 e. The van der Waals surface area contributed by atoms with Crippen molar-refractivity contribution in [2.24, 2.45) is 0 Å². The second kappa shape index (κ2) is 2.90. The molecule has 0 fully saturated rings. The Bertz CT molecular complexity index is 413. The fourth-order valence-corrected chi connectivity index (χ4v) is 1.08. The zero-order chi connectivity index (χ0) is 10.2. The number of imidazole rings is 1. The number of nitrogens with one attached hydrogen (secondary N) is 2. The van der Waals surface area contributed by atoms with Gasteiger partial charge in [0.05, 0.1) is 6.20 Å². The van der Waals surface area contributed by atoms with Gasteiger partial charge < -0.3 is 9.97 Å². The Morgan fingerprint density at radius 2 is 2.07 bits per heavy atom. The Morgan fingerprint density at radius 1 is 1.29 bits per heavy atom. The van der Waals surface area contributed by atoms with Crippen molar-refractivity contribution >= 4 is 0 Å². The summed E-state index contributed by atoms with van der Waals surface area (Å²) in [5.41, 5.74) is -0.241. The Hall–Kier alpha value is -1.72. The molecule has 0 spiro atoms. The van der Waals surface area contributed by atoms with Gasteiger partial charge in [-0.25, -0.2) is 4.98 Å². The lowest BCUT2D eigenvalue weighted by Crippen LogP contribution is -2.04. The number of aromatic amines is 2. The molecule has 2 aromatic rings. The lowest BCUT2D eigenvalue weighted by molar-refractivity contribution is -0.140. The Labute approximate surface area is 77.0 Å². The van der Waals surface area contributed by atoms with Crippen molar-refractivity contribution in [1.82, 2.24) is 15.0 Å². The van der Waals surface area contributed by atoms with Crippen LogP contribution in [0.4, 0.5) is 13.2 Å². The van der Waals surface area contributed by atoms with Crippen LogP contribution in [0.15, 0.2) is 24.7 Å². The van der Waals surface area contributed by atoms with Crippen LogP contribution in [-0.2, 0) is 6.18 Å². The summed E-state index contributed by atoms with van der Waals surface area (Å²) < 4.78 is 36.5. The molecule has 0 amide bonds. The summed E-state index contributed by atoms with van der Waals surface area (Å²) in [4.78, 5) is 8.56. The first kappa shape index (κ1) is 8.86. The molecule has 0 radical (unpaired) electrons. The molecule has 2 N–H and O–H groups in total. The van der Waals surface area contributed by atoms with E-state index in [-0.39, 0.29) is 5.82 Å². The average Bonchev–Trinajstić information content (AvgIpc) is 2.73. The monoisotopic (exact) mass is 201 g/mol. The minimum atomic E-state index is -4.37. The van der Waals surface area contributed by atoms with Crippen LogP contribution in [0.2, 0.25) is 0 Å². The van der Waals surface area contributed by atoms with E-state index < -0.39 is 11.9 Å². The van der Waals surface area contributed by atoms with E-state index in [0.29, 0.717) is 5.56 Å². The lowest BCUT2D eigenvalue weighted by Gasteiger charge is -2.00. The predicted molar refractivity (Wildman–Crippen MR) is 43.4 cm³/mol. The molecule has 0 atom stereocenters. The van der Waals surface area contributed by atoms with Crippen molar-refractivity contribution in [3.05, 3.63) is 30.4 Å². The molecular weight excluding hydrogens is 195 g/mol. The van der Waals surface area contributed by atoms with Crippen LogP contribution in [0.3, 0.4) is 0 Å².